The van der Waals surface area contributed by atoms with Gasteiger partial charge in [-0.15, -0.1) is 0 Å². The van der Waals surface area contributed by atoms with Crippen molar-refractivity contribution in [2.45, 2.75) is 24.4 Å². The fourth-order valence-electron chi connectivity index (χ4n) is 5.50. The zero-order chi connectivity index (χ0) is 31.6. The lowest BCUT2D eigenvalue weighted by Gasteiger charge is -2.28. The molecule has 0 spiro atoms. The van der Waals surface area contributed by atoms with E-state index in [9.17, 15) is 18.3 Å². The Morgan fingerprint density at radius 3 is 2.49 bits per heavy atom. The van der Waals surface area contributed by atoms with Crippen molar-refractivity contribution in [1.82, 2.24) is 14.1 Å². The van der Waals surface area contributed by atoms with E-state index < -0.39 is 22.6 Å². The van der Waals surface area contributed by atoms with Crippen LogP contribution in [-0.4, -0.2) is 53.8 Å². The van der Waals surface area contributed by atoms with Crippen molar-refractivity contribution in [3.8, 4) is 34.0 Å². The van der Waals surface area contributed by atoms with Crippen molar-refractivity contribution in [2.75, 3.05) is 20.3 Å². The molecule has 0 bridgehead atoms. The van der Waals surface area contributed by atoms with E-state index in [0.29, 0.717) is 47.2 Å². The molecule has 4 aromatic carbocycles. The molecule has 0 amide bonds. The number of carboxylic acid groups (broad SMARTS) is 1. The number of carbonyl (C=O) groups is 1. The first-order valence-corrected chi connectivity index (χ1v) is 16.1. The lowest BCUT2D eigenvalue weighted by molar-refractivity contribution is -0.139. The minimum Gasteiger partial charge on any atom is -0.496 e. The van der Waals surface area contributed by atoms with Crippen molar-refractivity contribution < 1.29 is 27.8 Å². The van der Waals surface area contributed by atoms with Crippen molar-refractivity contribution in [1.29, 1.82) is 0 Å². The Bertz CT molecular complexity index is 1990. The molecule has 45 heavy (non-hydrogen) atoms. The summed E-state index contributed by atoms with van der Waals surface area (Å²) in [6, 6.07) is 29.0. The number of fused-ring (bicyclic) bond motifs is 1. The average Bonchev–Trinajstić information content (AvgIpc) is 3.47. The third kappa shape index (κ3) is 6.44. The van der Waals surface area contributed by atoms with Gasteiger partial charge in [0.2, 0.25) is 10.0 Å². The molecule has 0 aliphatic carbocycles. The van der Waals surface area contributed by atoms with E-state index >= 15 is 0 Å². The summed E-state index contributed by atoms with van der Waals surface area (Å²) in [6.07, 6.45) is 0.610. The molecular weight excluding hydrogens is 614 g/mol. The van der Waals surface area contributed by atoms with Gasteiger partial charge in [-0.3, -0.25) is 4.68 Å². The monoisotopic (exact) mass is 643 g/mol. The van der Waals surface area contributed by atoms with E-state index in [4.69, 9.17) is 26.2 Å². The number of hydrogen-bond donors (Lipinski definition) is 1. The SMILES string of the molecule is COc1ccccc1Cn1nc(-c2cc(S(=O)(=O)N3CCc4ccccc4C3)ccc2OCC(=O)O)cc1-c1cccc(Cl)c1. The van der Waals surface area contributed by atoms with Crippen LogP contribution < -0.4 is 9.47 Å². The summed E-state index contributed by atoms with van der Waals surface area (Å²) >= 11 is 6.35. The van der Waals surface area contributed by atoms with Gasteiger partial charge in [0.15, 0.2) is 6.61 Å². The van der Waals surface area contributed by atoms with Gasteiger partial charge in [0.1, 0.15) is 11.5 Å². The molecule has 0 radical (unpaired) electrons. The molecule has 0 saturated heterocycles. The normalized spacial score (nSPS) is 13.3. The zero-order valence-electron chi connectivity index (χ0n) is 24.4. The fraction of sp³-hybridized carbons (Fsp3) is 0.176. The molecule has 1 aliphatic rings. The van der Waals surface area contributed by atoms with Gasteiger partial charge in [-0.25, -0.2) is 13.2 Å². The Labute approximate surface area is 266 Å². The van der Waals surface area contributed by atoms with Crippen molar-refractivity contribution >= 4 is 27.6 Å². The van der Waals surface area contributed by atoms with Gasteiger partial charge in [0.25, 0.3) is 0 Å². The molecule has 0 unspecified atom stereocenters. The maximum atomic E-state index is 13.9. The van der Waals surface area contributed by atoms with Crippen LogP contribution in [0.5, 0.6) is 11.5 Å². The lowest BCUT2D eigenvalue weighted by Crippen LogP contribution is -2.35. The van der Waals surface area contributed by atoms with Crippen LogP contribution in [0.25, 0.3) is 22.5 Å². The summed E-state index contributed by atoms with van der Waals surface area (Å²) in [7, 11) is -2.31. The van der Waals surface area contributed by atoms with Crippen LogP contribution in [0.1, 0.15) is 16.7 Å². The minimum absolute atomic E-state index is 0.0585. The average molecular weight is 644 g/mol. The van der Waals surface area contributed by atoms with Crippen LogP contribution in [0, 0.1) is 0 Å². The highest BCUT2D eigenvalue weighted by atomic mass is 35.5. The number of benzene rings is 4. The molecule has 1 aliphatic heterocycles. The quantitative estimate of drug-likeness (QED) is 0.195. The van der Waals surface area contributed by atoms with E-state index in [1.165, 1.54) is 22.5 Å². The van der Waals surface area contributed by atoms with E-state index in [2.05, 4.69) is 0 Å². The smallest absolute Gasteiger partial charge is 0.341 e. The first-order valence-electron chi connectivity index (χ1n) is 14.2. The molecule has 0 fully saturated rings. The molecule has 0 atom stereocenters. The maximum Gasteiger partial charge on any atom is 0.341 e. The number of ether oxygens (including phenoxy) is 2. The Hall–Kier alpha value is -4.64. The zero-order valence-corrected chi connectivity index (χ0v) is 26.0. The highest BCUT2D eigenvalue weighted by Crippen LogP contribution is 2.37. The predicted molar refractivity (Wildman–Crippen MR) is 171 cm³/mol. The Balaban J connectivity index is 1.46. The van der Waals surface area contributed by atoms with Gasteiger partial charge in [-0.1, -0.05) is 66.2 Å². The van der Waals surface area contributed by atoms with Gasteiger partial charge < -0.3 is 14.6 Å². The molecule has 6 rings (SSSR count). The van der Waals surface area contributed by atoms with Gasteiger partial charge in [-0.2, -0.15) is 9.40 Å². The van der Waals surface area contributed by atoms with Gasteiger partial charge in [-0.05, 0) is 60.0 Å². The van der Waals surface area contributed by atoms with Crippen LogP contribution in [0.15, 0.2) is 102 Å². The molecule has 0 saturated carbocycles. The molecule has 230 valence electrons. The van der Waals surface area contributed by atoms with E-state index in [0.717, 1.165) is 22.3 Å². The third-order valence-corrected chi connectivity index (χ3v) is 9.80. The van der Waals surface area contributed by atoms with Crippen molar-refractivity contribution in [3.05, 3.63) is 119 Å². The van der Waals surface area contributed by atoms with Gasteiger partial charge in [0, 0.05) is 34.8 Å². The molecule has 5 aromatic rings. The number of halogens is 1. The minimum atomic E-state index is -3.91. The predicted octanol–water partition coefficient (Wildman–Crippen LogP) is 6.14. The van der Waals surface area contributed by atoms with E-state index in [1.54, 1.807) is 17.9 Å². The van der Waals surface area contributed by atoms with Crippen LogP contribution in [0.4, 0.5) is 0 Å². The highest BCUT2D eigenvalue weighted by Gasteiger charge is 2.29. The number of carboxylic acids is 1. The fourth-order valence-corrected chi connectivity index (χ4v) is 7.14. The standard InChI is InChI=1S/C34H30ClN3O6S/c1-43-32-12-5-4-9-26(32)21-38-31(24-10-6-11-27(35)17-24)19-30(36-38)29-18-28(13-14-33(29)44-22-34(39)40)45(41,42)37-16-15-23-7-2-3-8-25(23)20-37/h2-14,17-19H,15-16,20-22H2,1H3,(H,39,40). The number of rotatable bonds is 10. The summed E-state index contributed by atoms with van der Waals surface area (Å²) in [5.41, 5.74) is 5.23. The number of nitrogens with zero attached hydrogens (tertiary/aromatic N) is 3. The summed E-state index contributed by atoms with van der Waals surface area (Å²) in [5.74, 6) is -0.279. The van der Waals surface area contributed by atoms with Gasteiger partial charge >= 0.3 is 5.97 Å². The number of aromatic nitrogens is 2. The topological polar surface area (TPSA) is 111 Å². The van der Waals surface area contributed by atoms with E-state index in [-0.39, 0.29) is 17.2 Å². The first-order chi connectivity index (χ1) is 21.7. The number of methoxy groups -OCH3 is 1. The third-order valence-electron chi connectivity index (χ3n) is 7.72. The molecular formula is C34H30ClN3O6S. The lowest BCUT2D eigenvalue weighted by atomic mass is 10.0. The second-order valence-corrected chi connectivity index (χ2v) is 13.0. The summed E-state index contributed by atoms with van der Waals surface area (Å²) in [5, 5.41) is 14.8. The molecule has 9 nitrogen and oxygen atoms in total. The summed E-state index contributed by atoms with van der Waals surface area (Å²) in [4.78, 5) is 11.5. The molecule has 2 heterocycles. The van der Waals surface area contributed by atoms with Crippen LogP contribution in [0.2, 0.25) is 5.02 Å². The van der Waals surface area contributed by atoms with Crippen molar-refractivity contribution in [3.63, 3.8) is 0 Å². The number of para-hydroxylation sites is 1. The molecule has 11 heteroatoms. The highest BCUT2D eigenvalue weighted by molar-refractivity contribution is 7.89. The number of sulfonamides is 1. The largest absolute Gasteiger partial charge is 0.496 e. The summed E-state index contributed by atoms with van der Waals surface area (Å²) in [6.45, 7) is 0.337. The molecule has 1 aromatic heterocycles. The maximum absolute atomic E-state index is 13.9. The van der Waals surface area contributed by atoms with Crippen LogP contribution in [0.3, 0.4) is 0 Å². The Kier molecular flexibility index (Phi) is 8.62. The van der Waals surface area contributed by atoms with Crippen LogP contribution in [-0.2, 0) is 34.3 Å². The molecule has 1 N–H and O–H groups in total. The Morgan fingerprint density at radius 1 is 0.933 bits per heavy atom. The van der Waals surface area contributed by atoms with Gasteiger partial charge in [0.05, 0.1) is 29.9 Å². The number of aliphatic carboxylic acids is 1. The number of hydrogen-bond acceptors (Lipinski definition) is 6. The van der Waals surface area contributed by atoms with Crippen LogP contribution >= 0.6 is 11.6 Å². The Morgan fingerprint density at radius 2 is 1.71 bits per heavy atom. The van der Waals surface area contributed by atoms with E-state index in [1.807, 2.05) is 72.8 Å². The van der Waals surface area contributed by atoms with Crippen molar-refractivity contribution in [2.24, 2.45) is 0 Å². The second kappa shape index (κ2) is 12.8. The summed E-state index contributed by atoms with van der Waals surface area (Å²) < 4.78 is 42.3. The first kappa shape index (κ1) is 30.4. The second-order valence-electron chi connectivity index (χ2n) is 10.6.